The minimum absolute atomic E-state index is 0.600. The van der Waals surface area contributed by atoms with Crippen LogP contribution in [0, 0.1) is 13.8 Å². The van der Waals surface area contributed by atoms with Crippen molar-refractivity contribution in [3.8, 4) is 11.3 Å². The summed E-state index contributed by atoms with van der Waals surface area (Å²) in [6.07, 6.45) is 3.96. The van der Waals surface area contributed by atoms with E-state index in [-0.39, 0.29) is 0 Å². The van der Waals surface area contributed by atoms with Crippen LogP contribution in [-0.2, 0) is 12.8 Å². The van der Waals surface area contributed by atoms with Crippen LogP contribution in [0.25, 0.3) is 16.8 Å². The fourth-order valence-corrected chi connectivity index (χ4v) is 4.44. The Bertz CT molecular complexity index is 1170. The van der Waals surface area contributed by atoms with E-state index in [1.807, 2.05) is 56.5 Å². The summed E-state index contributed by atoms with van der Waals surface area (Å²) in [7, 11) is 0. The van der Waals surface area contributed by atoms with Crippen LogP contribution in [0.1, 0.15) is 42.7 Å². The largest absolute Gasteiger partial charge is 0.397 e. The van der Waals surface area contributed by atoms with Gasteiger partial charge in [-0.2, -0.15) is 5.10 Å². The molecule has 3 nitrogen and oxygen atoms in total. The summed E-state index contributed by atoms with van der Waals surface area (Å²) in [5.74, 6) is 0. The number of nitrogens with zero attached hydrogens (tertiary/aromatic N) is 2. The third kappa shape index (κ3) is 5.06. The average Bonchev–Trinajstić information content (AvgIpc) is 3.35. The van der Waals surface area contributed by atoms with Gasteiger partial charge in [-0.25, -0.2) is 4.52 Å². The molecule has 5 rings (SSSR count). The molecular weight excluding hydrogens is 425 g/mol. The minimum atomic E-state index is 0.600. The Labute approximate surface area is 194 Å². The molecule has 31 heavy (non-hydrogen) atoms. The first kappa shape index (κ1) is 23.2. The number of anilines is 1. The smallest absolute Gasteiger partial charge is 0.0886 e. The number of halogens is 2. The Morgan fingerprint density at radius 1 is 0.903 bits per heavy atom. The molecule has 0 radical (unpaired) electrons. The highest BCUT2D eigenvalue weighted by Crippen LogP contribution is 2.35. The topological polar surface area (TPSA) is 43.3 Å². The fraction of sp³-hybridized carbons (Fsp3) is 0.269. The molecule has 5 heteroatoms. The first-order valence-corrected chi connectivity index (χ1v) is 11.5. The van der Waals surface area contributed by atoms with E-state index in [4.69, 9.17) is 28.9 Å². The zero-order valence-electron chi connectivity index (χ0n) is 18.5. The second-order valence-corrected chi connectivity index (χ2v) is 8.30. The molecule has 162 valence electrons. The van der Waals surface area contributed by atoms with E-state index >= 15 is 0 Å². The van der Waals surface area contributed by atoms with E-state index in [9.17, 15) is 0 Å². The molecule has 1 aliphatic rings. The fourth-order valence-electron chi connectivity index (χ4n) is 3.94. The van der Waals surface area contributed by atoms with Crippen molar-refractivity contribution in [1.29, 1.82) is 0 Å². The highest BCUT2D eigenvalue weighted by atomic mass is 35.5. The first-order chi connectivity index (χ1) is 14.9. The SMILES string of the molecule is CC.Cc1cc(N)c2cc(C)c(-c3ccc(Cl)cc3Cl)n2n1.c1ccc2c(c1)CCC2. The monoisotopic (exact) mass is 453 g/mol. The molecule has 1 aliphatic carbocycles. The number of hydrogen-bond donors (Lipinski definition) is 1. The summed E-state index contributed by atoms with van der Waals surface area (Å²) in [5, 5.41) is 5.75. The van der Waals surface area contributed by atoms with Gasteiger partial charge in [-0.15, -0.1) is 0 Å². The number of fused-ring (bicyclic) bond motifs is 2. The number of nitrogen functional groups attached to an aromatic ring is 1. The minimum Gasteiger partial charge on any atom is -0.397 e. The van der Waals surface area contributed by atoms with Gasteiger partial charge in [-0.05, 0) is 80.1 Å². The van der Waals surface area contributed by atoms with Crippen molar-refractivity contribution in [2.45, 2.75) is 47.0 Å². The lowest BCUT2D eigenvalue weighted by molar-refractivity contribution is 0.912. The molecule has 0 amide bonds. The van der Waals surface area contributed by atoms with Gasteiger partial charge < -0.3 is 5.73 Å². The van der Waals surface area contributed by atoms with Crippen molar-refractivity contribution in [2.75, 3.05) is 5.73 Å². The van der Waals surface area contributed by atoms with Gasteiger partial charge in [-0.1, -0.05) is 61.3 Å². The molecule has 2 N–H and O–H groups in total. The molecule has 0 atom stereocenters. The maximum absolute atomic E-state index is 6.32. The standard InChI is InChI=1S/C15H13Cl2N3.C9H10.C2H6/c1-8-5-14-13(18)6-9(2)19-20(14)15(8)11-4-3-10(16)7-12(11)17;1-2-5-9-7-3-6-8(9)4-1;1-2/h3-7H,18H2,1-2H3;1-2,4-5H,3,6-7H2;1-2H3. The maximum Gasteiger partial charge on any atom is 0.0886 e. The van der Waals surface area contributed by atoms with Crippen molar-refractivity contribution in [2.24, 2.45) is 0 Å². The second kappa shape index (κ2) is 10.2. The van der Waals surface area contributed by atoms with E-state index in [1.54, 1.807) is 17.2 Å². The van der Waals surface area contributed by atoms with E-state index in [2.05, 4.69) is 29.4 Å². The maximum atomic E-state index is 6.32. The molecular formula is C26H29Cl2N3. The van der Waals surface area contributed by atoms with Crippen LogP contribution in [0.2, 0.25) is 10.0 Å². The summed E-state index contributed by atoms with van der Waals surface area (Å²) >= 11 is 12.3. The molecule has 2 aromatic heterocycles. The summed E-state index contributed by atoms with van der Waals surface area (Å²) in [5.41, 5.74) is 14.6. The number of hydrogen-bond acceptors (Lipinski definition) is 2. The Kier molecular flexibility index (Phi) is 7.64. The third-order valence-electron chi connectivity index (χ3n) is 5.28. The van der Waals surface area contributed by atoms with Gasteiger partial charge in [0.25, 0.3) is 0 Å². The van der Waals surface area contributed by atoms with E-state index in [0.29, 0.717) is 15.7 Å². The lowest BCUT2D eigenvalue weighted by Crippen LogP contribution is -2.00. The Morgan fingerprint density at radius 3 is 2.16 bits per heavy atom. The Balaban J connectivity index is 0.000000205. The number of nitrogens with two attached hydrogens (primary N) is 1. The molecule has 0 saturated heterocycles. The van der Waals surface area contributed by atoms with Gasteiger partial charge in [0.2, 0.25) is 0 Å². The van der Waals surface area contributed by atoms with Crippen molar-refractivity contribution < 1.29 is 0 Å². The predicted octanol–water partition coefficient (Wildman–Crippen LogP) is 7.71. The van der Waals surface area contributed by atoms with Crippen LogP contribution >= 0.6 is 23.2 Å². The average molecular weight is 454 g/mol. The highest BCUT2D eigenvalue weighted by Gasteiger charge is 2.15. The quantitative estimate of drug-likeness (QED) is 0.320. The molecule has 4 aromatic rings. The summed E-state index contributed by atoms with van der Waals surface area (Å²) in [6.45, 7) is 7.93. The van der Waals surface area contributed by atoms with Crippen molar-refractivity contribution in [1.82, 2.24) is 9.61 Å². The normalized spacial score (nSPS) is 11.9. The third-order valence-corrected chi connectivity index (χ3v) is 5.83. The summed E-state index contributed by atoms with van der Waals surface area (Å²) in [6, 6.07) is 18.1. The zero-order valence-corrected chi connectivity index (χ0v) is 20.1. The molecule has 2 heterocycles. The van der Waals surface area contributed by atoms with E-state index in [1.165, 1.54) is 19.3 Å². The molecule has 0 unspecified atom stereocenters. The van der Waals surface area contributed by atoms with Crippen molar-refractivity contribution >= 4 is 34.4 Å². The van der Waals surface area contributed by atoms with Crippen LogP contribution in [0.5, 0.6) is 0 Å². The Morgan fingerprint density at radius 2 is 1.55 bits per heavy atom. The second-order valence-electron chi connectivity index (χ2n) is 7.46. The molecule has 0 fully saturated rings. The van der Waals surface area contributed by atoms with Gasteiger partial charge >= 0.3 is 0 Å². The number of aryl methyl sites for hydroxylation is 4. The van der Waals surface area contributed by atoms with Crippen LogP contribution in [0.3, 0.4) is 0 Å². The molecule has 0 bridgehead atoms. The Hall–Kier alpha value is -2.49. The van der Waals surface area contributed by atoms with Gasteiger partial charge in [-0.3, -0.25) is 0 Å². The number of aromatic nitrogens is 2. The lowest BCUT2D eigenvalue weighted by atomic mass is 10.1. The molecule has 0 aliphatic heterocycles. The van der Waals surface area contributed by atoms with Gasteiger partial charge in [0, 0.05) is 10.6 Å². The zero-order chi connectivity index (χ0) is 22.5. The van der Waals surface area contributed by atoms with Gasteiger partial charge in [0.05, 0.1) is 27.6 Å². The van der Waals surface area contributed by atoms with Gasteiger partial charge in [0.15, 0.2) is 0 Å². The number of benzene rings is 2. The predicted molar refractivity (Wildman–Crippen MR) is 134 cm³/mol. The molecule has 0 spiro atoms. The summed E-state index contributed by atoms with van der Waals surface area (Å²) in [4.78, 5) is 0. The van der Waals surface area contributed by atoms with E-state index < -0.39 is 0 Å². The van der Waals surface area contributed by atoms with Crippen LogP contribution in [0.15, 0.2) is 54.6 Å². The van der Waals surface area contributed by atoms with Crippen LogP contribution in [0.4, 0.5) is 5.69 Å². The van der Waals surface area contributed by atoms with Crippen LogP contribution in [-0.4, -0.2) is 9.61 Å². The number of rotatable bonds is 1. The van der Waals surface area contributed by atoms with E-state index in [0.717, 1.165) is 28.0 Å². The lowest BCUT2D eigenvalue weighted by Gasteiger charge is -2.08. The summed E-state index contributed by atoms with van der Waals surface area (Å²) < 4.78 is 1.84. The molecule has 0 saturated carbocycles. The van der Waals surface area contributed by atoms with Gasteiger partial charge in [0.1, 0.15) is 0 Å². The van der Waals surface area contributed by atoms with Crippen LogP contribution < -0.4 is 5.73 Å². The highest BCUT2D eigenvalue weighted by molar-refractivity contribution is 6.36. The van der Waals surface area contributed by atoms with Crippen molar-refractivity contribution in [3.63, 3.8) is 0 Å². The van der Waals surface area contributed by atoms with Crippen molar-refractivity contribution in [3.05, 3.63) is 87.0 Å². The first-order valence-electron chi connectivity index (χ1n) is 10.7. The molecule has 2 aromatic carbocycles.